The maximum Gasteiger partial charge on any atom is 0.234 e. The molecule has 1 aromatic rings. The number of hydrogen-bond donors (Lipinski definition) is 0. The normalized spacial score (nSPS) is 25.3. The highest BCUT2D eigenvalue weighted by atomic mass is 16.5. The van der Waals surface area contributed by atoms with Crippen LogP contribution >= 0.6 is 0 Å². The summed E-state index contributed by atoms with van der Waals surface area (Å²) in [6.07, 6.45) is 5.46. The minimum atomic E-state index is -0.135. The Labute approximate surface area is 171 Å². The van der Waals surface area contributed by atoms with Crippen molar-refractivity contribution >= 4 is 11.8 Å². The van der Waals surface area contributed by atoms with Crippen LogP contribution in [0.1, 0.15) is 12.8 Å². The van der Waals surface area contributed by atoms with E-state index in [9.17, 15) is 9.59 Å². The highest BCUT2D eigenvalue weighted by Crippen LogP contribution is 2.35. The van der Waals surface area contributed by atoms with E-state index in [0.29, 0.717) is 26.1 Å². The van der Waals surface area contributed by atoms with Gasteiger partial charge in [-0.25, -0.2) is 0 Å². The highest BCUT2D eigenvalue weighted by molar-refractivity contribution is 6.05. The molecule has 0 aromatic heterocycles. The fraction of sp³-hybridized carbons (Fsp3) is 0.545. The van der Waals surface area contributed by atoms with Gasteiger partial charge in [0.05, 0.1) is 25.6 Å². The van der Waals surface area contributed by atoms with Gasteiger partial charge in [-0.1, -0.05) is 12.2 Å². The second kappa shape index (κ2) is 8.97. The monoisotopic (exact) mass is 399 g/mol. The first-order valence-corrected chi connectivity index (χ1v) is 10.4. The SMILES string of the molecule is COc1ccc(OCCN2CCN(CN3C(=O)[C@H]4CC=CC[C@H]4C3=O)CC2)cc1. The van der Waals surface area contributed by atoms with Crippen molar-refractivity contribution in [1.29, 1.82) is 0 Å². The smallest absolute Gasteiger partial charge is 0.234 e. The number of nitrogens with zero attached hydrogens (tertiary/aromatic N) is 3. The van der Waals surface area contributed by atoms with Crippen LogP contribution in [-0.2, 0) is 9.59 Å². The Bertz CT molecular complexity index is 730. The molecule has 1 aliphatic carbocycles. The van der Waals surface area contributed by atoms with E-state index < -0.39 is 0 Å². The zero-order valence-corrected chi connectivity index (χ0v) is 17.0. The number of ether oxygens (including phenoxy) is 2. The predicted octanol–water partition coefficient (Wildman–Crippen LogP) is 1.60. The lowest BCUT2D eigenvalue weighted by Crippen LogP contribution is -2.51. The second-order valence-electron chi connectivity index (χ2n) is 7.89. The summed E-state index contributed by atoms with van der Waals surface area (Å²) in [6.45, 7) is 5.46. The van der Waals surface area contributed by atoms with Gasteiger partial charge in [0, 0.05) is 32.7 Å². The number of methoxy groups -OCH3 is 1. The molecule has 7 heteroatoms. The van der Waals surface area contributed by atoms with E-state index in [1.54, 1.807) is 7.11 Å². The molecule has 3 aliphatic rings. The zero-order valence-electron chi connectivity index (χ0n) is 17.0. The van der Waals surface area contributed by atoms with E-state index in [2.05, 4.69) is 9.80 Å². The van der Waals surface area contributed by atoms with Gasteiger partial charge in [-0.3, -0.25) is 24.3 Å². The summed E-state index contributed by atoms with van der Waals surface area (Å²) in [5.41, 5.74) is 0. The van der Waals surface area contributed by atoms with Crippen molar-refractivity contribution in [3.8, 4) is 11.5 Å². The molecule has 0 saturated carbocycles. The molecular formula is C22H29N3O4. The van der Waals surface area contributed by atoms with Crippen molar-refractivity contribution in [2.75, 3.05) is 53.1 Å². The molecule has 0 bridgehead atoms. The third-order valence-electron chi connectivity index (χ3n) is 6.14. The van der Waals surface area contributed by atoms with E-state index in [0.717, 1.165) is 44.2 Å². The Kier molecular flexibility index (Phi) is 6.16. The standard InChI is InChI=1S/C22H29N3O4/c1-28-17-6-8-18(9-7-17)29-15-14-23-10-12-24(13-11-23)16-25-21(26)19-4-2-3-5-20(19)22(25)27/h2-3,6-9,19-20H,4-5,10-16H2,1H3/t19-,20+. The maximum absolute atomic E-state index is 12.6. The third-order valence-corrected chi connectivity index (χ3v) is 6.14. The van der Waals surface area contributed by atoms with E-state index in [-0.39, 0.29) is 23.7 Å². The quantitative estimate of drug-likeness (QED) is 0.513. The molecule has 2 fully saturated rings. The lowest BCUT2D eigenvalue weighted by Gasteiger charge is -2.36. The van der Waals surface area contributed by atoms with Crippen molar-refractivity contribution in [3.63, 3.8) is 0 Å². The first-order chi connectivity index (χ1) is 14.2. The van der Waals surface area contributed by atoms with Gasteiger partial charge in [0.15, 0.2) is 0 Å². The first-order valence-electron chi connectivity index (χ1n) is 10.4. The molecule has 0 N–H and O–H groups in total. The Morgan fingerprint density at radius 3 is 2.00 bits per heavy atom. The molecule has 0 spiro atoms. The topological polar surface area (TPSA) is 62.3 Å². The van der Waals surface area contributed by atoms with Crippen LogP contribution in [0.25, 0.3) is 0 Å². The van der Waals surface area contributed by atoms with Crippen molar-refractivity contribution in [3.05, 3.63) is 36.4 Å². The molecule has 4 rings (SSSR count). The van der Waals surface area contributed by atoms with Gasteiger partial charge in [0.1, 0.15) is 18.1 Å². The number of rotatable bonds is 7. The Morgan fingerprint density at radius 2 is 1.41 bits per heavy atom. The lowest BCUT2D eigenvalue weighted by molar-refractivity contribution is -0.142. The summed E-state index contributed by atoms with van der Waals surface area (Å²) in [5.74, 6) is 1.41. The summed E-state index contributed by atoms with van der Waals surface area (Å²) in [5, 5.41) is 0. The number of fused-ring (bicyclic) bond motifs is 1. The maximum atomic E-state index is 12.6. The Balaban J connectivity index is 1.19. The van der Waals surface area contributed by atoms with Crippen LogP contribution in [0.2, 0.25) is 0 Å². The predicted molar refractivity (Wildman–Crippen MR) is 109 cm³/mol. The van der Waals surface area contributed by atoms with E-state index in [4.69, 9.17) is 9.47 Å². The van der Waals surface area contributed by atoms with Gasteiger partial charge >= 0.3 is 0 Å². The van der Waals surface area contributed by atoms with Crippen LogP contribution in [0.4, 0.5) is 0 Å². The molecule has 0 radical (unpaired) electrons. The number of hydrogen-bond acceptors (Lipinski definition) is 6. The number of amides is 2. The average Bonchev–Trinajstić information content (AvgIpc) is 3.00. The zero-order chi connectivity index (χ0) is 20.2. The van der Waals surface area contributed by atoms with Crippen molar-refractivity contribution in [1.82, 2.24) is 14.7 Å². The molecular weight excluding hydrogens is 370 g/mol. The first kappa shape index (κ1) is 19.9. The summed E-state index contributed by atoms with van der Waals surface area (Å²) in [6, 6.07) is 7.60. The summed E-state index contributed by atoms with van der Waals surface area (Å²) < 4.78 is 11.0. The van der Waals surface area contributed by atoms with Crippen LogP contribution in [0.15, 0.2) is 36.4 Å². The van der Waals surface area contributed by atoms with Gasteiger partial charge in [0.2, 0.25) is 11.8 Å². The molecule has 29 heavy (non-hydrogen) atoms. The molecule has 2 heterocycles. The summed E-state index contributed by atoms with van der Waals surface area (Å²) in [4.78, 5) is 31.3. The summed E-state index contributed by atoms with van der Waals surface area (Å²) >= 11 is 0. The molecule has 2 amide bonds. The molecule has 2 atom stereocenters. The van der Waals surface area contributed by atoms with Gasteiger partial charge < -0.3 is 9.47 Å². The molecule has 2 aliphatic heterocycles. The number of piperazine rings is 1. The molecule has 1 aromatic carbocycles. The number of allylic oxidation sites excluding steroid dienone is 2. The van der Waals surface area contributed by atoms with Gasteiger partial charge in [-0.2, -0.15) is 0 Å². The Hall–Kier alpha value is -2.38. The fourth-order valence-corrected chi connectivity index (χ4v) is 4.33. The fourth-order valence-electron chi connectivity index (χ4n) is 4.33. The third kappa shape index (κ3) is 4.46. The molecule has 2 saturated heterocycles. The Morgan fingerprint density at radius 1 is 0.862 bits per heavy atom. The van der Waals surface area contributed by atoms with Crippen LogP contribution in [0.5, 0.6) is 11.5 Å². The molecule has 7 nitrogen and oxygen atoms in total. The molecule has 156 valence electrons. The average molecular weight is 399 g/mol. The van der Waals surface area contributed by atoms with Crippen molar-refractivity contribution in [2.45, 2.75) is 12.8 Å². The van der Waals surface area contributed by atoms with Crippen molar-refractivity contribution < 1.29 is 19.1 Å². The van der Waals surface area contributed by atoms with Gasteiger partial charge in [-0.15, -0.1) is 0 Å². The number of carbonyl (C=O) groups excluding carboxylic acids is 2. The van der Waals surface area contributed by atoms with E-state index in [1.807, 2.05) is 36.4 Å². The van der Waals surface area contributed by atoms with Crippen LogP contribution in [0.3, 0.4) is 0 Å². The van der Waals surface area contributed by atoms with Gasteiger partial charge in [-0.05, 0) is 37.1 Å². The minimum absolute atomic E-state index is 0.0136. The molecule has 0 unspecified atom stereocenters. The van der Waals surface area contributed by atoms with E-state index in [1.165, 1.54) is 4.90 Å². The number of imide groups is 1. The number of benzene rings is 1. The van der Waals surface area contributed by atoms with Crippen LogP contribution < -0.4 is 9.47 Å². The number of carbonyl (C=O) groups is 2. The minimum Gasteiger partial charge on any atom is -0.497 e. The van der Waals surface area contributed by atoms with Crippen LogP contribution in [-0.4, -0.2) is 79.6 Å². The largest absolute Gasteiger partial charge is 0.497 e. The van der Waals surface area contributed by atoms with E-state index >= 15 is 0 Å². The van der Waals surface area contributed by atoms with Crippen molar-refractivity contribution in [2.24, 2.45) is 11.8 Å². The lowest BCUT2D eigenvalue weighted by atomic mass is 9.85. The van der Waals surface area contributed by atoms with Gasteiger partial charge in [0.25, 0.3) is 0 Å². The second-order valence-corrected chi connectivity index (χ2v) is 7.89. The van der Waals surface area contributed by atoms with Crippen LogP contribution in [0, 0.1) is 11.8 Å². The summed E-state index contributed by atoms with van der Waals surface area (Å²) in [7, 11) is 1.65. The highest BCUT2D eigenvalue weighted by Gasteiger charge is 2.47. The number of likely N-dealkylation sites (tertiary alicyclic amines) is 1.